The molecule has 3 rings (SSSR count). The number of nitrogens with zero attached hydrogens (tertiary/aromatic N) is 2. The molecule has 0 saturated heterocycles. The zero-order chi connectivity index (χ0) is 22.9. The second-order valence-electron chi connectivity index (χ2n) is 6.65. The molecule has 1 aromatic heterocycles. The lowest BCUT2D eigenvalue weighted by atomic mass is 10.1. The predicted octanol–water partition coefficient (Wildman–Crippen LogP) is 2.72. The molecule has 2 amide bonds. The molecule has 0 bridgehead atoms. The summed E-state index contributed by atoms with van der Waals surface area (Å²) < 4.78 is 15.6. The summed E-state index contributed by atoms with van der Waals surface area (Å²) in [4.78, 5) is 24.6. The maximum Gasteiger partial charge on any atom is 0.251 e. The Balaban J connectivity index is 1.48. The molecular weight excluding hydrogens is 432 g/mol. The lowest BCUT2D eigenvalue weighted by Crippen LogP contribution is -2.25. The van der Waals surface area contributed by atoms with Crippen LogP contribution in [-0.2, 0) is 17.6 Å². The zero-order valence-electron chi connectivity index (χ0n) is 18.0. The van der Waals surface area contributed by atoms with Gasteiger partial charge in [0, 0.05) is 18.5 Å². The van der Waals surface area contributed by atoms with Crippen molar-refractivity contribution in [2.45, 2.75) is 12.8 Å². The third kappa shape index (κ3) is 6.17. The number of carbonyl (C=O) groups is 2. The molecule has 9 nitrogen and oxygen atoms in total. The quantitative estimate of drug-likeness (QED) is 0.482. The van der Waals surface area contributed by atoms with Gasteiger partial charge in [-0.25, -0.2) is 0 Å². The highest BCUT2D eigenvalue weighted by atomic mass is 32.1. The Kier molecular flexibility index (Phi) is 7.98. The molecule has 2 N–H and O–H groups in total. The number of benzene rings is 2. The third-order valence-corrected chi connectivity index (χ3v) is 5.38. The van der Waals surface area contributed by atoms with E-state index in [1.165, 1.54) is 11.3 Å². The molecule has 0 radical (unpaired) electrons. The van der Waals surface area contributed by atoms with E-state index in [9.17, 15) is 9.59 Å². The molecule has 0 aliphatic carbocycles. The van der Waals surface area contributed by atoms with Gasteiger partial charge in [0.1, 0.15) is 10.8 Å². The van der Waals surface area contributed by atoms with Gasteiger partial charge in [-0.05, 0) is 35.9 Å². The van der Waals surface area contributed by atoms with Crippen LogP contribution >= 0.6 is 11.3 Å². The van der Waals surface area contributed by atoms with Gasteiger partial charge >= 0.3 is 0 Å². The number of amides is 2. The second-order valence-corrected chi connectivity index (χ2v) is 7.72. The van der Waals surface area contributed by atoms with Gasteiger partial charge in [-0.15, -0.1) is 10.2 Å². The fourth-order valence-electron chi connectivity index (χ4n) is 2.89. The van der Waals surface area contributed by atoms with E-state index in [-0.39, 0.29) is 18.2 Å². The van der Waals surface area contributed by atoms with Gasteiger partial charge in [-0.1, -0.05) is 23.5 Å². The summed E-state index contributed by atoms with van der Waals surface area (Å²) in [5.41, 5.74) is 1.30. The lowest BCUT2D eigenvalue weighted by Gasteiger charge is -2.09. The first-order chi connectivity index (χ1) is 15.5. The first kappa shape index (κ1) is 23.0. The van der Waals surface area contributed by atoms with Crippen LogP contribution in [0.2, 0.25) is 0 Å². The van der Waals surface area contributed by atoms with Crippen LogP contribution in [0.25, 0.3) is 0 Å². The van der Waals surface area contributed by atoms with E-state index >= 15 is 0 Å². The molecule has 0 fully saturated rings. The number of aromatic nitrogens is 2. The van der Waals surface area contributed by atoms with Crippen molar-refractivity contribution in [3.63, 3.8) is 0 Å². The van der Waals surface area contributed by atoms with E-state index < -0.39 is 0 Å². The SMILES string of the molecule is COc1cccc(C(=O)NCCc2nnc(NC(=O)Cc3ccc(OC)c(OC)c3)s2)c1. The number of nitrogens with one attached hydrogen (secondary N) is 2. The Morgan fingerprint density at radius 3 is 2.53 bits per heavy atom. The number of hydrogen-bond acceptors (Lipinski definition) is 8. The molecule has 1 heterocycles. The fourth-order valence-corrected chi connectivity index (χ4v) is 3.65. The van der Waals surface area contributed by atoms with Crippen molar-refractivity contribution in [1.82, 2.24) is 15.5 Å². The van der Waals surface area contributed by atoms with Crippen molar-refractivity contribution in [3.8, 4) is 17.2 Å². The van der Waals surface area contributed by atoms with Crippen LogP contribution in [0.5, 0.6) is 17.2 Å². The van der Waals surface area contributed by atoms with Crippen LogP contribution < -0.4 is 24.8 Å². The highest BCUT2D eigenvalue weighted by Crippen LogP contribution is 2.28. The highest BCUT2D eigenvalue weighted by Gasteiger charge is 2.12. The van der Waals surface area contributed by atoms with Crippen molar-refractivity contribution in [2.75, 3.05) is 33.2 Å². The Hall–Kier alpha value is -3.66. The van der Waals surface area contributed by atoms with Crippen LogP contribution in [0.4, 0.5) is 5.13 Å². The molecule has 0 aliphatic heterocycles. The van der Waals surface area contributed by atoms with Crippen molar-refractivity contribution >= 4 is 28.3 Å². The van der Waals surface area contributed by atoms with E-state index in [4.69, 9.17) is 14.2 Å². The molecule has 168 valence electrons. The monoisotopic (exact) mass is 456 g/mol. The van der Waals surface area contributed by atoms with Gasteiger partial charge in [0.05, 0.1) is 27.8 Å². The van der Waals surface area contributed by atoms with E-state index in [0.717, 1.165) is 5.56 Å². The van der Waals surface area contributed by atoms with E-state index in [1.807, 2.05) is 0 Å². The predicted molar refractivity (Wildman–Crippen MR) is 121 cm³/mol. The molecule has 3 aromatic rings. The van der Waals surface area contributed by atoms with Crippen LogP contribution in [0.3, 0.4) is 0 Å². The average molecular weight is 457 g/mol. The fraction of sp³-hybridized carbons (Fsp3) is 0.273. The number of carbonyl (C=O) groups excluding carboxylic acids is 2. The van der Waals surface area contributed by atoms with Gasteiger partial charge in [0.15, 0.2) is 11.5 Å². The van der Waals surface area contributed by atoms with Crippen LogP contribution in [-0.4, -0.2) is 49.9 Å². The Morgan fingerprint density at radius 2 is 1.78 bits per heavy atom. The molecule has 0 atom stereocenters. The number of ether oxygens (including phenoxy) is 3. The second kappa shape index (κ2) is 11.1. The number of rotatable bonds is 10. The van der Waals surface area contributed by atoms with Gasteiger partial charge in [-0.3, -0.25) is 9.59 Å². The minimum atomic E-state index is -0.216. The molecule has 0 spiro atoms. The summed E-state index contributed by atoms with van der Waals surface area (Å²) in [7, 11) is 4.65. The standard InChI is InChI=1S/C22H24N4O5S/c1-29-16-6-4-5-15(13-16)21(28)23-10-9-20-25-26-22(32-20)24-19(27)12-14-7-8-17(30-2)18(11-14)31-3/h4-8,11,13H,9-10,12H2,1-3H3,(H,23,28)(H,24,26,27). The summed E-state index contributed by atoms with van der Waals surface area (Å²) in [6.07, 6.45) is 0.658. The normalized spacial score (nSPS) is 10.3. The number of methoxy groups -OCH3 is 3. The minimum absolute atomic E-state index is 0.159. The van der Waals surface area contributed by atoms with E-state index in [0.29, 0.717) is 45.9 Å². The Bertz CT molecular complexity index is 1090. The first-order valence-corrected chi connectivity index (χ1v) is 10.6. The molecule has 10 heteroatoms. The third-order valence-electron chi connectivity index (χ3n) is 4.48. The van der Waals surface area contributed by atoms with Crippen LogP contribution in [0, 0.1) is 0 Å². The summed E-state index contributed by atoms with van der Waals surface area (Å²) in [5, 5.41) is 14.8. The largest absolute Gasteiger partial charge is 0.497 e. The van der Waals surface area contributed by atoms with Gasteiger partial charge < -0.3 is 24.8 Å². The van der Waals surface area contributed by atoms with Gasteiger partial charge in [0.25, 0.3) is 5.91 Å². The molecule has 0 saturated carbocycles. The van der Waals surface area contributed by atoms with Crippen molar-refractivity contribution in [2.24, 2.45) is 0 Å². The summed E-state index contributed by atoms with van der Waals surface area (Å²) in [6.45, 7) is 0.393. The highest BCUT2D eigenvalue weighted by molar-refractivity contribution is 7.15. The maximum absolute atomic E-state index is 12.3. The van der Waals surface area contributed by atoms with Crippen LogP contribution in [0.15, 0.2) is 42.5 Å². The van der Waals surface area contributed by atoms with Crippen molar-refractivity contribution in [1.29, 1.82) is 0 Å². The van der Waals surface area contributed by atoms with Crippen molar-refractivity contribution in [3.05, 3.63) is 58.6 Å². The maximum atomic E-state index is 12.3. The van der Waals surface area contributed by atoms with E-state index in [1.54, 1.807) is 63.8 Å². The summed E-state index contributed by atoms with van der Waals surface area (Å²) >= 11 is 1.27. The lowest BCUT2D eigenvalue weighted by molar-refractivity contribution is -0.115. The smallest absolute Gasteiger partial charge is 0.251 e. The molecule has 32 heavy (non-hydrogen) atoms. The topological polar surface area (TPSA) is 112 Å². The molecule has 0 aliphatic rings. The van der Waals surface area contributed by atoms with Crippen LogP contribution in [0.1, 0.15) is 20.9 Å². The zero-order valence-corrected chi connectivity index (χ0v) is 18.8. The summed E-state index contributed by atoms with van der Waals surface area (Å²) in [6, 6.07) is 12.2. The first-order valence-electron chi connectivity index (χ1n) is 9.77. The van der Waals surface area contributed by atoms with E-state index in [2.05, 4.69) is 20.8 Å². The van der Waals surface area contributed by atoms with Gasteiger partial charge in [0.2, 0.25) is 11.0 Å². The summed E-state index contributed by atoms with van der Waals surface area (Å²) in [5.74, 6) is 1.37. The molecular formula is C22H24N4O5S. The van der Waals surface area contributed by atoms with Gasteiger partial charge in [-0.2, -0.15) is 0 Å². The average Bonchev–Trinajstić information content (AvgIpc) is 3.25. The molecule has 2 aromatic carbocycles. The number of anilines is 1. The Morgan fingerprint density at radius 1 is 0.969 bits per heavy atom. The Labute approximate surface area is 189 Å². The molecule has 0 unspecified atom stereocenters. The number of hydrogen-bond donors (Lipinski definition) is 2. The van der Waals surface area contributed by atoms with Crippen molar-refractivity contribution < 1.29 is 23.8 Å². The minimum Gasteiger partial charge on any atom is -0.497 e.